The molecule has 1 heterocycles. The zero-order valence-corrected chi connectivity index (χ0v) is 11.2. The van der Waals surface area contributed by atoms with Gasteiger partial charge in [0.2, 0.25) is 0 Å². The molecule has 0 unspecified atom stereocenters. The smallest absolute Gasteiger partial charge is 0.254 e. The van der Waals surface area contributed by atoms with Crippen molar-refractivity contribution in [3.8, 4) is 11.4 Å². The van der Waals surface area contributed by atoms with Gasteiger partial charge in [0.15, 0.2) is 5.82 Å². The van der Waals surface area contributed by atoms with Crippen molar-refractivity contribution in [2.24, 2.45) is 5.73 Å². The highest BCUT2D eigenvalue weighted by molar-refractivity contribution is 9.10. The SMILES string of the molecule is Cc1cc(Br)ccc1-c1ncc(C(N)=O)c(N)n1. The Hall–Kier alpha value is -1.95. The molecule has 4 N–H and O–H groups in total. The van der Waals surface area contributed by atoms with E-state index < -0.39 is 5.91 Å². The molecule has 0 atom stereocenters. The highest BCUT2D eigenvalue weighted by Gasteiger charge is 2.11. The van der Waals surface area contributed by atoms with Crippen LogP contribution in [0.15, 0.2) is 28.9 Å². The molecule has 1 aromatic carbocycles. The maximum Gasteiger partial charge on any atom is 0.254 e. The van der Waals surface area contributed by atoms with E-state index in [0.717, 1.165) is 15.6 Å². The lowest BCUT2D eigenvalue weighted by molar-refractivity contribution is 0.100. The summed E-state index contributed by atoms with van der Waals surface area (Å²) in [5.41, 5.74) is 12.8. The number of halogens is 1. The molecule has 92 valence electrons. The van der Waals surface area contributed by atoms with Crippen molar-refractivity contribution < 1.29 is 4.79 Å². The lowest BCUT2D eigenvalue weighted by Crippen LogP contribution is -2.15. The fraction of sp³-hybridized carbons (Fsp3) is 0.0833. The maximum absolute atomic E-state index is 11.0. The average Bonchev–Trinajstić information content (AvgIpc) is 2.28. The second-order valence-corrected chi connectivity index (χ2v) is 4.73. The second-order valence-electron chi connectivity index (χ2n) is 3.82. The highest BCUT2D eigenvalue weighted by Crippen LogP contribution is 2.24. The third-order valence-corrected chi connectivity index (χ3v) is 3.01. The first-order valence-corrected chi connectivity index (χ1v) is 5.97. The van der Waals surface area contributed by atoms with Crippen molar-refractivity contribution in [1.29, 1.82) is 0 Å². The normalized spacial score (nSPS) is 10.3. The summed E-state index contributed by atoms with van der Waals surface area (Å²) in [6.45, 7) is 1.95. The molecule has 0 radical (unpaired) electrons. The van der Waals surface area contributed by atoms with E-state index in [1.54, 1.807) is 0 Å². The molecular weight excluding hydrogens is 296 g/mol. The Bertz CT molecular complexity index is 627. The van der Waals surface area contributed by atoms with Gasteiger partial charge in [-0.15, -0.1) is 0 Å². The molecule has 0 spiro atoms. The predicted molar refractivity (Wildman–Crippen MR) is 72.8 cm³/mol. The molecule has 0 fully saturated rings. The third kappa shape index (κ3) is 2.33. The van der Waals surface area contributed by atoms with Gasteiger partial charge in [-0.3, -0.25) is 4.79 Å². The number of amides is 1. The van der Waals surface area contributed by atoms with Crippen LogP contribution in [0.1, 0.15) is 15.9 Å². The van der Waals surface area contributed by atoms with E-state index in [1.807, 2.05) is 25.1 Å². The molecule has 6 heteroatoms. The van der Waals surface area contributed by atoms with Gasteiger partial charge < -0.3 is 11.5 Å². The number of nitrogens with zero attached hydrogens (tertiary/aromatic N) is 2. The lowest BCUT2D eigenvalue weighted by atomic mass is 10.1. The van der Waals surface area contributed by atoms with Gasteiger partial charge >= 0.3 is 0 Å². The van der Waals surface area contributed by atoms with Gasteiger partial charge in [-0.1, -0.05) is 15.9 Å². The molecule has 0 aliphatic carbocycles. The summed E-state index contributed by atoms with van der Waals surface area (Å²) in [6.07, 6.45) is 1.35. The number of benzene rings is 1. The molecule has 5 nitrogen and oxygen atoms in total. The van der Waals surface area contributed by atoms with Crippen LogP contribution in [-0.4, -0.2) is 15.9 Å². The number of rotatable bonds is 2. The number of hydrogen-bond acceptors (Lipinski definition) is 4. The Morgan fingerprint density at radius 3 is 2.67 bits per heavy atom. The molecule has 0 saturated carbocycles. The van der Waals surface area contributed by atoms with Crippen LogP contribution in [0.4, 0.5) is 5.82 Å². The van der Waals surface area contributed by atoms with Gasteiger partial charge in [0.1, 0.15) is 5.82 Å². The monoisotopic (exact) mass is 306 g/mol. The molecule has 2 aromatic rings. The fourth-order valence-electron chi connectivity index (χ4n) is 1.59. The van der Waals surface area contributed by atoms with E-state index in [-0.39, 0.29) is 11.4 Å². The van der Waals surface area contributed by atoms with Crippen LogP contribution < -0.4 is 11.5 Å². The highest BCUT2D eigenvalue weighted by atomic mass is 79.9. The van der Waals surface area contributed by atoms with Gasteiger partial charge in [0.25, 0.3) is 5.91 Å². The van der Waals surface area contributed by atoms with E-state index >= 15 is 0 Å². The summed E-state index contributed by atoms with van der Waals surface area (Å²) in [6, 6.07) is 5.74. The minimum Gasteiger partial charge on any atom is -0.383 e. The zero-order chi connectivity index (χ0) is 13.3. The Morgan fingerprint density at radius 2 is 2.11 bits per heavy atom. The van der Waals surface area contributed by atoms with Crippen LogP contribution in [-0.2, 0) is 0 Å². The quantitative estimate of drug-likeness (QED) is 0.885. The minimum atomic E-state index is -0.633. The van der Waals surface area contributed by atoms with Gasteiger partial charge in [-0.05, 0) is 30.7 Å². The molecule has 0 saturated heterocycles. The van der Waals surface area contributed by atoms with Gasteiger partial charge in [-0.2, -0.15) is 0 Å². The van der Waals surface area contributed by atoms with E-state index in [2.05, 4.69) is 25.9 Å². The number of anilines is 1. The summed E-state index contributed by atoms with van der Waals surface area (Å²) < 4.78 is 0.977. The molecule has 0 aliphatic rings. The number of carbonyl (C=O) groups excluding carboxylic acids is 1. The van der Waals surface area contributed by atoms with Crippen LogP contribution in [0.3, 0.4) is 0 Å². The maximum atomic E-state index is 11.0. The van der Waals surface area contributed by atoms with Gasteiger partial charge in [0, 0.05) is 16.2 Å². The fourth-order valence-corrected chi connectivity index (χ4v) is 2.07. The predicted octanol–water partition coefficient (Wildman–Crippen LogP) is 1.90. The molecule has 1 amide bonds. The summed E-state index contributed by atoms with van der Waals surface area (Å²) in [4.78, 5) is 19.3. The van der Waals surface area contributed by atoms with E-state index in [0.29, 0.717) is 5.82 Å². The first kappa shape index (κ1) is 12.5. The van der Waals surface area contributed by atoms with Crippen molar-refractivity contribution in [2.75, 3.05) is 5.73 Å². The third-order valence-electron chi connectivity index (χ3n) is 2.51. The average molecular weight is 307 g/mol. The number of primary amides is 1. The molecule has 1 aromatic heterocycles. The lowest BCUT2D eigenvalue weighted by Gasteiger charge is -2.07. The van der Waals surface area contributed by atoms with E-state index in [4.69, 9.17) is 11.5 Å². The topological polar surface area (TPSA) is 94.9 Å². The van der Waals surface area contributed by atoms with Crippen molar-refractivity contribution in [2.45, 2.75) is 6.92 Å². The van der Waals surface area contributed by atoms with Crippen molar-refractivity contribution in [3.05, 3.63) is 40.0 Å². The summed E-state index contributed by atoms with van der Waals surface area (Å²) in [5, 5.41) is 0. The van der Waals surface area contributed by atoms with Gasteiger partial charge in [0.05, 0.1) is 5.56 Å². The molecule has 0 aliphatic heterocycles. The van der Waals surface area contributed by atoms with E-state index in [9.17, 15) is 4.79 Å². The first-order valence-electron chi connectivity index (χ1n) is 5.18. The Labute approximate surface area is 112 Å². The Morgan fingerprint density at radius 1 is 1.39 bits per heavy atom. The molecule has 0 bridgehead atoms. The van der Waals surface area contributed by atoms with Crippen LogP contribution in [0.5, 0.6) is 0 Å². The van der Waals surface area contributed by atoms with Gasteiger partial charge in [-0.25, -0.2) is 9.97 Å². The van der Waals surface area contributed by atoms with Crippen LogP contribution in [0.2, 0.25) is 0 Å². The van der Waals surface area contributed by atoms with Crippen molar-refractivity contribution in [1.82, 2.24) is 9.97 Å². The Kier molecular flexibility index (Phi) is 3.29. The zero-order valence-electron chi connectivity index (χ0n) is 9.64. The molecular formula is C12H11BrN4O. The van der Waals surface area contributed by atoms with Crippen LogP contribution in [0.25, 0.3) is 11.4 Å². The second kappa shape index (κ2) is 4.73. The van der Waals surface area contributed by atoms with E-state index in [1.165, 1.54) is 6.20 Å². The number of nitrogen functional groups attached to an aromatic ring is 1. The number of carbonyl (C=O) groups is 1. The number of aromatic nitrogens is 2. The molecule has 18 heavy (non-hydrogen) atoms. The minimum absolute atomic E-state index is 0.0924. The standard InChI is InChI=1S/C12H11BrN4O/c1-6-4-7(13)2-3-8(6)12-16-5-9(11(15)18)10(14)17-12/h2-5H,1H3,(H2,15,18)(H2,14,16,17). The number of aryl methyl sites for hydroxylation is 1. The molecule has 2 rings (SSSR count). The summed E-state index contributed by atoms with van der Waals surface area (Å²) in [7, 11) is 0. The summed E-state index contributed by atoms with van der Waals surface area (Å²) in [5.74, 6) is -0.0658. The number of hydrogen-bond donors (Lipinski definition) is 2. The summed E-state index contributed by atoms with van der Waals surface area (Å²) >= 11 is 3.39. The first-order chi connectivity index (χ1) is 8.49. The Balaban J connectivity index is 2.52. The van der Waals surface area contributed by atoms with Crippen molar-refractivity contribution in [3.63, 3.8) is 0 Å². The van der Waals surface area contributed by atoms with Crippen molar-refractivity contribution >= 4 is 27.7 Å². The number of nitrogens with two attached hydrogens (primary N) is 2. The van der Waals surface area contributed by atoms with Crippen LogP contribution in [0, 0.1) is 6.92 Å². The largest absolute Gasteiger partial charge is 0.383 e. The van der Waals surface area contributed by atoms with Crippen LogP contribution >= 0.6 is 15.9 Å².